The Morgan fingerprint density at radius 1 is 1.05 bits per heavy atom. The summed E-state index contributed by atoms with van der Waals surface area (Å²) in [4.78, 5) is 0. The van der Waals surface area contributed by atoms with Crippen molar-refractivity contribution in [2.24, 2.45) is 0 Å². The number of phenols is 1. The fourth-order valence-corrected chi connectivity index (χ4v) is 1.98. The van der Waals surface area contributed by atoms with Gasteiger partial charge in [0.1, 0.15) is 17.2 Å². The zero-order chi connectivity index (χ0) is 14.9. The van der Waals surface area contributed by atoms with Gasteiger partial charge >= 0.3 is 0 Å². The lowest BCUT2D eigenvalue weighted by Gasteiger charge is -2.08. The van der Waals surface area contributed by atoms with Crippen LogP contribution in [-0.2, 0) is 6.54 Å². The van der Waals surface area contributed by atoms with Gasteiger partial charge in [-0.05, 0) is 42.8 Å². The van der Waals surface area contributed by atoms with Crippen molar-refractivity contribution < 1.29 is 14.6 Å². The van der Waals surface area contributed by atoms with Gasteiger partial charge in [-0.1, -0.05) is 18.2 Å². The van der Waals surface area contributed by atoms with E-state index in [-0.39, 0.29) is 0 Å². The second-order valence-corrected chi connectivity index (χ2v) is 4.73. The Kier molecular flexibility index (Phi) is 5.91. The highest BCUT2D eigenvalue weighted by atomic mass is 16.5. The van der Waals surface area contributed by atoms with Crippen molar-refractivity contribution in [1.29, 1.82) is 0 Å². The molecular weight excluding hydrogens is 266 g/mol. The highest BCUT2D eigenvalue weighted by molar-refractivity contribution is 5.32. The Morgan fingerprint density at radius 2 is 1.86 bits per heavy atom. The van der Waals surface area contributed by atoms with Crippen molar-refractivity contribution in [3.63, 3.8) is 0 Å². The first-order valence-electron chi connectivity index (χ1n) is 7.03. The summed E-state index contributed by atoms with van der Waals surface area (Å²) in [6.45, 7) is 2.26. The molecule has 0 saturated heterocycles. The standard InChI is InChI=1S/C17H21NO3/c1-20-16-7-3-8-17(12-16)21-10-4-9-18-13-14-5-2-6-15(19)11-14/h2-3,5-8,11-12,18-19H,4,9-10,13H2,1H3. The number of aromatic hydroxyl groups is 1. The Hall–Kier alpha value is -2.20. The first-order valence-corrected chi connectivity index (χ1v) is 7.03. The van der Waals surface area contributed by atoms with Crippen molar-refractivity contribution in [3.8, 4) is 17.2 Å². The molecule has 2 aromatic rings. The summed E-state index contributed by atoms with van der Waals surface area (Å²) in [5.74, 6) is 1.92. The van der Waals surface area contributed by atoms with Gasteiger partial charge in [0.2, 0.25) is 0 Å². The molecule has 0 heterocycles. The highest BCUT2D eigenvalue weighted by Gasteiger charge is 1.97. The molecule has 0 unspecified atom stereocenters. The van der Waals surface area contributed by atoms with Crippen LogP contribution < -0.4 is 14.8 Å². The van der Waals surface area contributed by atoms with E-state index in [2.05, 4.69) is 5.32 Å². The minimum Gasteiger partial charge on any atom is -0.508 e. The molecule has 0 aliphatic heterocycles. The second-order valence-electron chi connectivity index (χ2n) is 4.73. The van der Waals surface area contributed by atoms with Crippen LogP contribution >= 0.6 is 0 Å². The van der Waals surface area contributed by atoms with E-state index < -0.39 is 0 Å². The van der Waals surface area contributed by atoms with E-state index >= 15 is 0 Å². The molecule has 0 aliphatic rings. The molecule has 0 aliphatic carbocycles. The number of rotatable bonds is 8. The summed E-state index contributed by atoms with van der Waals surface area (Å²) in [5.41, 5.74) is 1.07. The van der Waals surface area contributed by atoms with Crippen LogP contribution in [0.4, 0.5) is 0 Å². The van der Waals surface area contributed by atoms with Crippen molar-refractivity contribution >= 4 is 0 Å². The topological polar surface area (TPSA) is 50.7 Å². The number of ether oxygens (including phenoxy) is 2. The van der Waals surface area contributed by atoms with Gasteiger partial charge in [-0.15, -0.1) is 0 Å². The highest BCUT2D eigenvalue weighted by Crippen LogP contribution is 2.18. The van der Waals surface area contributed by atoms with Crippen LogP contribution in [0.2, 0.25) is 0 Å². The molecule has 2 rings (SSSR count). The predicted octanol–water partition coefficient (Wildman–Crippen LogP) is 2.96. The molecule has 0 radical (unpaired) electrons. The van der Waals surface area contributed by atoms with E-state index in [0.29, 0.717) is 12.4 Å². The first-order chi connectivity index (χ1) is 10.3. The minimum atomic E-state index is 0.302. The number of hydrogen-bond donors (Lipinski definition) is 2. The minimum absolute atomic E-state index is 0.302. The normalized spacial score (nSPS) is 10.3. The zero-order valence-electron chi connectivity index (χ0n) is 12.2. The van der Waals surface area contributed by atoms with Gasteiger partial charge in [-0.25, -0.2) is 0 Å². The van der Waals surface area contributed by atoms with E-state index in [1.54, 1.807) is 19.2 Å². The lowest BCUT2D eigenvalue weighted by molar-refractivity contribution is 0.305. The lowest BCUT2D eigenvalue weighted by Crippen LogP contribution is -2.16. The smallest absolute Gasteiger partial charge is 0.122 e. The molecule has 0 saturated carbocycles. The summed E-state index contributed by atoms with van der Waals surface area (Å²) in [7, 11) is 1.64. The van der Waals surface area contributed by atoms with E-state index in [1.807, 2.05) is 36.4 Å². The molecule has 0 aromatic heterocycles. The van der Waals surface area contributed by atoms with Crippen LogP contribution in [0.15, 0.2) is 48.5 Å². The van der Waals surface area contributed by atoms with E-state index in [4.69, 9.17) is 9.47 Å². The van der Waals surface area contributed by atoms with Gasteiger partial charge in [0.05, 0.1) is 13.7 Å². The van der Waals surface area contributed by atoms with Gasteiger partial charge in [-0.3, -0.25) is 0 Å². The maximum atomic E-state index is 9.36. The Morgan fingerprint density at radius 3 is 2.67 bits per heavy atom. The van der Waals surface area contributed by atoms with Crippen LogP contribution in [0.3, 0.4) is 0 Å². The second kappa shape index (κ2) is 8.17. The van der Waals surface area contributed by atoms with Gasteiger partial charge in [0.15, 0.2) is 0 Å². The fraction of sp³-hybridized carbons (Fsp3) is 0.294. The molecule has 2 aromatic carbocycles. The third-order valence-electron chi connectivity index (χ3n) is 3.05. The predicted molar refractivity (Wildman–Crippen MR) is 82.9 cm³/mol. The van der Waals surface area contributed by atoms with Crippen LogP contribution in [0.1, 0.15) is 12.0 Å². The average molecular weight is 287 g/mol. The Bertz CT molecular complexity index is 557. The van der Waals surface area contributed by atoms with Crippen molar-refractivity contribution in [3.05, 3.63) is 54.1 Å². The van der Waals surface area contributed by atoms with E-state index in [9.17, 15) is 5.11 Å². The third-order valence-corrected chi connectivity index (χ3v) is 3.05. The van der Waals surface area contributed by atoms with Crippen molar-refractivity contribution in [2.45, 2.75) is 13.0 Å². The first kappa shape index (κ1) is 15.2. The maximum absolute atomic E-state index is 9.36. The van der Waals surface area contributed by atoms with Crippen molar-refractivity contribution in [2.75, 3.05) is 20.3 Å². The number of phenolic OH excluding ortho intramolecular Hbond substituents is 1. The largest absolute Gasteiger partial charge is 0.508 e. The molecular formula is C17H21NO3. The van der Waals surface area contributed by atoms with Gasteiger partial charge in [0.25, 0.3) is 0 Å². The van der Waals surface area contributed by atoms with Crippen LogP contribution in [-0.4, -0.2) is 25.4 Å². The summed E-state index contributed by atoms with van der Waals surface area (Å²) in [6, 6.07) is 14.9. The molecule has 0 amide bonds. The van der Waals surface area contributed by atoms with Crippen LogP contribution in [0.25, 0.3) is 0 Å². The quantitative estimate of drug-likeness (QED) is 0.733. The summed E-state index contributed by atoms with van der Waals surface area (Å²) < 4.78 is 10.8. The van der Waals surface area contributed by atoms with Gasteiger partial charge < -0.3 is 19.9 Å². The monoisotopic (exact) mass is 287 g/mol. The lowest BCUT2D eigenvalue weighted by atomic mass is 10.2. The summed E-state index contributed by atoms with van der Waals surface area (Å²) in [5, 5.41) is 12.7. The fourth-order valence-electron chi connectivity index (χ4n) is 1.98. The van der Waals surface area contributed by atoms with Crippen LogP contribution in [0, 0.1) is 0 Å². The van der Waals surface area contributed by atoms with E-state index in [1.165, 1.54) is 0 Å². The number of hydrogen-bond acceptors (Lipinski definition) is 4. The molecule has 0 atom stereocenters. The number of methoxy groups -OCH3 is 1. The Labute approximate surface area is 125 Å². The summed E-state index contributed by atoms with van der Waals surface area (Å²) >= 11 is 0. The van der Waals surface area contributed by atoms with Crippen LogP contribution in [0.5, 0.6) is 17.2 Å². The SMILES string of the molecule is COc1cccc(OCCCNCc2cccc(O)c2)c1. The molecule has 4 heteroatoms. The molecule has 0 fully saturated rings. The molecule has 21 heavy (non-hydrogen) atoms. The average Bonchev–Trinajstić information content (AvgIpc) is 2.51. The molecule has 0 bridgehead atoms. The third kappa shape index (κ3) is 5.36. The molecule has 2 N–H and O–H groups in total. The number of benzene rings is 2. The summed E-state index contributed by atoms with van der Waals surface area (Å²) in [6.07, 6.45) is 0.913. The zero-order valence-corrected chi connectivity index (χ0v) is 12.2. The van der Waals surface area contributed by atoms with Crippen molar-refractivity contribution in [1.82, 2.24) is 5.32 Å². The van der Waals surface area contributed by atoms with E-state index in [0.717, 1.165) is 36.6 Å². The molecule has 112 valence electrons. The molecule has 0 spiro atoms. The molecule has 4 nitrogen and oxygen atoms in total. The Balaban J connectivity index is 1.61. The number of nitrogens with one attached hydrogen (secondary N) is 1. The van der Waals surface area contributed by atoms with Gasteiger partial charge in [-0.2, -0.15) is 0 Å². The maximum Gasteiger partial charge on any atom is 0.122 e. The van der Waals surface area contributed by atoms with Gasteiger partial charge in [0, 0.05) is 12.6 Å².